The van der Waals surface area contributed by atoms with Crippen molar-refractivity contribution in [3.8, 4) is 22.8 Å². The molecule has 0 aliphatic heterocycles. The molecule has 0 saturated carbocycles. The molecule has 0 bridgehead atoms. The number of aromatic carboxylic acids is 1. The fraction of sp³-hybridized carbons (Fsp3) is 0.120. The molecular weight excluding hydrogens is 378 g/mol. The summed E-state index contributed by atoms with van der Waals surface area (Å²) in [7, 11) is 1.57. The molecule has 4 rings (SSSR count). The molecule has 0 saturated heterocycles. The molecule has 0 radical (unpaired) electrons. The van der Waals surface area contributed by atoms with Gasteiger partial charge in [0, 0.05) is 16.5 Å². The fourth-order valence-electron chi connectivity index (χ4n) is 3.34. The standard InChI is InChI=1S/C25H21NO4/c1-16-8-10-21-19(12-16)20(25(27)28)14-22(26-21)18-9-11-23(24(13-18)29-2)30-15-17-6-4-3-5-7-17/h3-14H,15H2,1-2H3,(H,27,28)/p-1. The van der Waals surface area contributed by atoms with Crippen LogP contribution in [0.1, 0.15) is 21.5 Å². The van der Waals surface area contributed by atoms with Gasteiger partial charge in [-0.2, -0.15) is 0 Å². The number of nitrogens with zero attached hydrogens (tertiary/aromatic N) is 1. The van der Waals surface area contributed by atoms with Gasteiger partial charge >= 0.3 is 0 Å². The first-order valence-electron chi connectivity index (χ1n) is 9.53. The maximum absolute atomic E-state index is 11.7. The Labute approximate surface area is 174 Å². The smallest absolute Gasteiger partial charge is 0.161 e. The third-order valence-corrected chi connectivity index (χ3v) is 4.88. The number of carbonyl (C=O) groups excluding carboxylic acids is 1. The van der Waals surface area contributed by atoms with Crippen LogP contribution >= 0.6 is 0 Å². The van der Waals surface area contributed by atoms with E-state index in [0.717, 1.165) is 16.7 Å². The van der Waals surface area contributed by atoms with E-state index in [1.807, 2.05) is 55.5 Å². The van der Waals surface area contributed by atoms with Crippen molar-refractivity contribution in [3.63, 3.8) is 0 Å². The molecule has 4 aromatic rings. The average molecular weight is 398 g/mol. The van der Waals surface area contributed by atoms with E-state index in [2.05, 4.69) is 4.98 Å². The highest BCUT2D eigenvalue weighted by molar-refractivity contribution is 6.03. The van der Waals surface area contributed by atoms with Gasteiger partial charge in [-0.25, -0.2) is 4.98 Å². The number of pyridine rings is 1. The molecule has 3 aromatic carbocycles. The van der Waals surface area contributed by atoms with Gasteiger partial charge in [0.05, 0.1) is 24.3 Å². The average Bonchev–Trinajstić information content (AvgIpc) is 2.77. The molecule has 150 valence electrons. The summed E-state index contributed by atoms with van der Waals surface area (Å²) in [5.74, 6) is -0.0881. The number of ether oxygens (including phenoxy) is 2. The molecule has 0 spiro atoms. The number of carboxylic acid groups (broad SMARTS) is 1. The minimum absolute atomic E-state index is 0.113. The van der Waals surface area contributed by atoms with E-state index in [1.165, 1.54) is 6.07 Å². The van der Waals surface area contributed by atoms with E-state index < -0.39 is 5.97 Å². The molecule has 0 amide bonds. The van der Waals surface area contributed by atoms with Gasteiger partial charge in [0.2, 0.25) is 0 Å². The van der Waals surface area contributed by atoms with Crippen molar-refractivity contribution in [2.75, 3.05) is 7.11 Å². The summed E-state index contributed by atoms with van der Waals surface area (Å²) >= 11 is 0. The predicted molar refractivity (Wildman–Crippen MR) is 114 cm³/mol. The van der Waals surface area contributed by atoms with Crippen LogP contribution in [-0.2, 0) is 6.61 Å². The zero-order valence-electron chi connectivity index (χ0n) is 16.7. The first-order chi connectivity index (χ1) is 14.5. The molecule has 5 nitrogen and oxygen atoms in total. The van der Waals surface area contributed by atoms with Crippen LogP contribution in [0.5, 0.6) is 11.5 Å². The first-order valence-corrected chi connectivity index (χ1v) is 9.53. The van der Waals surface area contributed by atoms with E-state index >= 15 is 0 Å². The molecule has 0 aliphatic carbocycles. The molecule has 1 heterocycles. The molecule has 0 atom stereocenters. The number of hydrogen-bond donors (Lipinski definition) is 0. The Morgan fingerprint density at radius 2 is 1.77 bits per heavy atom. The summed E-state index contributed by atoms with van der Waals surface area (Å²) < 4.78 is 11.4. The lowest BCUT2D eigenvalue weighted by molar-refractivity contribution is -0.254. The normalized spacial score (nSPS) is 10.7. The maximum Gasteiger partial charge on any atom is 0.161 e. The molecule has 0 N–H and O–H groups in total. The third kappa shape index (κ3) is 3.96. The summed E-state index contributed by atoms with van der Waals surface area (Å²) in [5, 5.41) is 12.3. The van der Waals surface area contributed by atoms with E-state index in [-0.39, 0.29) is 5.56 Å². The zero-order valence-corrected chi connectivity index (χ0v) is 16.7. The Kier molecular flexibility index (Phi) is 5.35. The number of benzene rings is 3. The lowest BCUT2D eigenvalue weighted by atomic mass is 10.0. The van der Waals surface area contributed by atoms with Gasteiger partial charge in [-0.05, 0) is 48.9 Å². The van der Waals surface area contributed by atoms with Crippen molar-refractivity contribution in [1.29, 1.82) is 0 Å². The minimum atomic E-state index is -1.23. The highest BCUT2D eigenvalue weighted by Crippen LogP contribution is 2.34. The molecule has 30 heavy (non-hydrogen) atoms. The predicted octanol–water partition coefficient (Wildman–Crippen LogP) is 4.16. The second-order valence-corrected chi connectivity index (χ2v) is 7.00. The molecule has 5 heteroatoms. The third-order valence-electron chi connectivity index (χ3n) is 4.88. The van der Waals surface area contributed by atoms with E-state index in [0.29, 0.717) is 34.7 Å². The first kappa shape index (κ1) is 19.5. The second-order valence-electron chi connectivity index (χ2n) is 7.00. The summed E-state index contributed by atoms with van der Waals surface area (Å²) in [6.07, 6.45) is 0. The van der Waals surface area contributed by atoms with Gasteiger partial charge < -0.3 is 19.4 Å². The Morgan fingerprint density at radius 1 is 0.967 bits per heavy atom. The van der Waals surface area contributed by atoms with Crippen LogP contribution in [0.3, 0.4) is 0 Å². The second kappa shape index (κ2) is 8.25. The number of carbonyl (C=O) groups is 1. The molecule has 0 fully saturated rings. The topological polar surface area (TPSA) is 71.5 Å². The lowest BCUT2D eigenvalue weighted by Gasteiger charge is -2.14. The minimum Gasteiger partial charge on any atom is -0.545 e. The van der Waals surface area contributed by atoms with Crippen molar-refractivity contribution in [3.05, 3.63) is 89.5 Å². The quantitative estimate of drug-likeness (QED) is 0.488. The van der Waals surface area contributed by atoms with Crippen molar-refractivity contribution in [2.45, 2.75) is 13.5 Å². The van der Waals surface area contributed by atoms with Gasteiger partial charge in [0.15, 0.2) is 11.5 Å². The number of aromatic nitrogens is 1. The van der Waals surface area contributed by atoms with Crippen molar-refractivity contribution in [1.82, 2.24) is 4.98 Å². The van der Waals surface area contributed by atoms with Crippen molar-refractivity contribution >= 4 is 16.9 Å². The largest absolute Gasteiger partial charge is 0.545 e. The van der Waals surface area contributed by atoms with Crippen molar-refractivity contribution < 1.29 is 19.4 Å². The Hall–Kier alpha value is -3.86. The number of rotatable bonds is 6. The monoisotopic (exact) mass is 398 g/mol. The Morgan fingerprint density at radius 3 is 2.50 bits per heavy atom. The van der Waals surface area contributed by atoms with Gasteiger partial charge in [0.25, 0.3) is 0 Å². The summed E-state index contributed by atoms with van der Waals surface area (Å²) in [6.45, 7) is 2.32. The van der Waals surface area contributed by atoms with E-state index in [9.17, 15) is 9.90 Å². The molecule has 0 unspecified atom stereocenters. The lowest BCUT2D eigenvalue weighted by Crippen LogP contribution is -2.22. The van der Waals surface area contributed by atoms with Gasteiger partial charge in [-0.15, -0.1) is 0 Å². The highest BCUT2D eigenvalue weighted by atomic mass is 16.5. The fourth-order valence-corrected chi connectivity index (χ4v) is 3.34. The van der Waals surface area contributed by atoms with Crippen LogP contribution in [0.4, 0.5) is 0 Å². The van der Waals surface area contributed by atoms with Crippen LogP contribution < -0.4 is 14.6 Å². The van der Waals surface area contributed by atoms with Gasteiger partial charge in [-0.1, -0.05) is 42.0 Å². The SMILES string of the molecule is COc1cc(-c2cc(C(=O)[O-])c3cc(C)ccc3n2)ccc1OCc1ccccc1. The number of aryl methyl sites for hydroxylation is 1. The zero-order chi connectivity index (χ0) is 21.1. The summed E-state index contributed by atoms with van der Waals surface area (Å²) in [6, 6.07) is 22.3. The van der Waals surface area contributed by atoms with Crippen LogP contribution in [0.15, 0.2) is 72.8 Å². The van der Waals surface area contributed by atoms with Crippen LogP contribution in [0.25, 0.3) is 22.2 Å². The van der Waals surface area contributed by atoms with Gasteiger partial charge in [0.1, 0.15) is 6.61 Å². The summed E-state index contributed by atoms with van der Waals surface area (Å²) in [4.78, 5) is 16.4. The van der Waals surface area contributed by atoms with E-state index in [1.54, 1.807) is 25.3 Å². The van der Waals surface area contributed by atoms with Crippen LogP contribution in [-0.4, -0.2) is 18.1 Å². The maximum atomic E-state index is 11.7. The Balaban J connectivity index is 1.71. The van der Waals surface area contributed by atoms with E-state index in [4.69, 9.17) is 9.47 Å². The number of carboxylic acids is 1. The summed E-state index contributed by atoms with van der Waals surface area (Å²) in [5.41, 5.74) is 3.97. The van der Waals surface area contributed by atoms with Gasteiger partial charge in [-0.3, -0.25) is 0 Å². The van der Waals surface area contributed by atoms with Crippen LogP contribution in [0.2, 0.25) is 0 Å². The van der Waals surface area contributed by atoms with Crippen LogP contribution in [0, 0.1) is 6.92 Å². The van der Waals surface area contributed by atoms with Crippen molar-refractivity contribution in [2.24, 2.45) is 0 Å². The molecule has 1 aromatic heterocycles. The molecular formula is C25H20NO4-. The number of fused-ring (bicyclic) bond motifs is 1. The number of hydrogen-bond acceptors (Lipinski definition) is 5. The molecule has 0 aliphatic rings. The Bertz CT molecular complexity index is 1220. The number of methoxy groups -OCH3 is 1. The highest BCUT2D eigenvalue weighted by Gasteiger charge is 2.12.